The normalized spacial score (nSPS) is 24.7. The van der Waals surface area contributed by atoms with Gasteiger partial charge in [0, 0.05) is 18.2 Å². The Labute approximate surface area is 229 Å². The fraction of sp³-hybridized carbons (Fsp3) is 0.548. The molecule has 7 heteroatoms. The van der Waals surface area contributed by atoms with Crippen LogP contribution >= 0.6 is 11.8 Å². The Bertz CT molecular complexity index is 1300. The highest BCUT2D eigenvalue weighted by Crippen LogP contribution is 2.62. The average Bonchev–Trinajstić information content (AvgIpc) is 3.14. The maximum absolute atomic E-state index is 13.6. The molecule has 6 nitrogen and oxygen atoms in total. The first-order valence-corrected chi connectivity index (χ1v) is 14.6. The van der Waals surface area contributed by atoms with Gasteiger partial charge in [0.05, 0.1) is 32.3 Å². The summed E-state index contributed by atoms with van der Waals surface area (Å²) in [5, 5.41) is 3.08. The van der Waals surface area contributed by atoms with Crippen LogP contribution in [0, 0.1) is 23.2 Å². The van der Waals surface area contributed by atoms with Crippen molar-refractivity contribution in [3.63, 3.8) is 0 Å². The number of rotatable bonds is 7. The second-order valence-electron chi connectivity index (χ2n) is 11.6. The van der Waals surface area contributed by atoms with Crippen LogP contribution in [0.2, 0.25) is 0 Å². The number of benzene rings is 1. The molecule has 204 valence electrons. The third-order valence-electron chi connectivity index (χ3n) is 9.33. The summed E-state index contributed by atoms with van der Waals surface area (Å²) in [6.07, 6.45) is 5.23. The largest absolute Gasteiger partial charge is 0.493 e. The van der Waals surface area contributed by atoms with E-state index in [1.165, 1.54) is 26.2 Å². The molecule has 1 amide bonds. The van der Waals surface area contributed by atoms with Gasteiger partial charge in [0.15, 0.2) is 16.9 Å². The minimum Gasteiger partial charge on any atom is -0.493 e. The number of nitrogens with one attached hydrogen (secondary N) is 1. The second kappa shape index (κ2) is 10.5. The van der Waals surface area contributed by atoms with Gasteiger partial charge in [0.2, 0.25) is 11.7 Å². The number of amides is 1. The molecule has 2 aromatic rings. The molecule has 0 heterocycles. The maximum Gasteiger partial charge on any atom is 0.217 e. The van der Waals surface area contributed by atoms with E-state index in [9.17, 15) is 9.59 Å². The molecular formula is C31H39NO5S. The molecule has 3 saturated carbocycles. The Morgan fingerprint density at radius 3 is 2.45 bits per heavy atom. The highest BCUT2D eigenvalue weighted by molar-refractivity contribution is 7.99. The van der Waals surface area contributed by atoms with E-state index < -0.39 is 0 Å². The zero-order valence-electron chi connectivity index (χ0n) is 23.3. The number of methoxy groups -OCH3 is 3. The molecule has 4 atom stereocenters. The fourth-order valence-corrected chi connectivity index (χ4v) is 8.33. The highest BCUT2D eigenvalue weighted by Gasteiger charge is 2.53. The van der Waals surface area contributed by atoms with Gasteiger partial charge in [-0.2, -0.15) is 0 Å². The second-order valence-corrected chi connectivity index (χ2v) is 12.6. The number of aryl methyl sites for hydroxylation is 1. The van der Waals surface area contributed by atoms with E-state index in [1.54, 1.807) is 39.2 Å². The summed E-state index contributed by atoms with van der Waals surface area (Å²) in [4.78, 5) is 26.5. The van der Waals surface area contributed by atoms with E-state index in [-0.39, 0.29) is 17.4 Å². The number of hydrogen-bond donors (Lipinski definition) is 1. The number of fused-ring (bicyclic) bond motifs is 5. The number of ether oxygens (including phenoxy) is 3. The SMILES string of the molecule is COc1cc2c(c(OC)c1OC)-c1ccc(SC[C@H]3CC[C@@H]4C[C@@H]3C4(C)C)c(=O)cc1[C@H](NC(C)=O)CC2. The molecule has 0 saturated heterocycles. The monoisotopic (exact) mass is 537 g/mol. The number of carbonyl (C=O) groups excluding carboxylic acids is 1. The Kier molecular flexibility index (Phi) is 7.42. The first-order chi connectivity index (χ1) is 18.2. The van der Waals surface area contributed by atoms with Gasteiger partial charge >= 0.3 is 0 Å². The van der Waals surface area contributed by atoms with Crippen LogP contribution in [0.1, 0.15) is 63.6 Å². The average molecular weight is 538 g/mol. The fourth-order valence-electron chi connectivity index (χ4n) is 7.17. The summed E-state index contributed by atoms with van der Waals surface area (Å²) in [5.41, 5.74) is 4.02. The van der Waals surface area contributed by atoms with Crippen LogP contribution in [0.15, 0.2) is 34.0 Å². The zero-order chi connectivity index (χ0) is 27.2. The molecule has 6 rings (SSSR count). The molecular weight excluding hydrogens is 498 g/mol. The molecule has 0 spiro atoms. The van der Waals surface area contributed by atoms with Crippen molar-refractivity contribution in [2.75, 3.05) is 27.1 Å². The van der Waals surface area contributed by atoms with Gasteiger partial charge in [-0.05, 0) is 90.2 Å². The van der Waals surface area contributed by atoms with Gasteiger partial charge in [-0.1, -0.05) is 19.9 Å². The molecule has 0 aliphatic heterocycles. The van der Waals surface area contributed by atoms with E-state index in [0.29, 0.717) is 41.4 Å². The summed E-state index contributed by atoms with van der Waals surface area (Å²) < 4.78 is 17.2. The van der Waals surface area contributed by atoms with Crippen molar-refractivity contribution < 1.29 is 19.0 Å². The lowest BCUT2D eigenvalue weighted by Crippen LogP contribution is -2.52. The third-order valence-corrected chi connectivity index (χ3v) is 10.6. The van der Waals surface area contributed by atoms with Crippen LogP contribution in [0.4, 0.5) is 0 Å². The Hall–Kier alpha value is -2.67. The predicted molar refractivity (Wildman–Crippen MR) is 152 cm³/mol. The van der Waals surface area contributed by atoms with Gasteiger partial charge < -0.3 is 19.5 Å². The van der Waals surface area contributed by atoms with Crippen LogP contribution in [0.5, 0.6) is 17.2 Å². The maximum atomic E-state index is 13.6. The lowest BCUT2D eigenvalue weighted by atomic mass is 9.46. The van der Waals surface area contributed by atoms with Gasteiger partial charge in [-0.3, -0.25) is 9.59 Å². The lowest BCUT2D eigenvalue weighted by Gasteiger charge is -2.60. The Morgan fingerprint density at radius 1 is 1.05 bits per heavy atom. The smallest absolute Gasteiger partial charge is 0.217 e. The molecule has 1 N–H and O–H groups in total. The van der Waals surface area contributed by atoms with Crippen LogP contribution in [0.3, 0.4) is 0 Å². The first kappa shape index (κ1) is 26.9. The topological polar surface area (TPSA) is 73.9 Å². The summed E-state index contributed by atoms with van der Waals surface area (Å²) in [6.45, 7) is 6.35. The molecule has 38 heavy (non-hydrogen) atoms. The van der Waals surface area contributed by atoms with Crippen molar-refractivity contribution in [3.8, 4) is 28.4 Å². The van der Waals surface area contributed by atoms with Crippen molar-refractivity contribution in [2.24, 2.45) is 23.2 Å². The quantitative estimate of drug-likeness (QED) is 0.435. The minimum absolute atomic E-state index is 0.00366. The van der Waals surface area contributed by atoms with E-state index in [4.69, 9.17) is 14.2 Å². The molecule has 3 fully saturated rings. The van der Waals surface area contributed by atoms with Crippen LogP contribution in [-0.2, 0) is 11.2 Å². The molecule has 0 radical (unpaired) electrons. The van der Waals surface area contributed by atoms with Gasteiger partial charge in [-0.25, -0.2) is 0 Å². The summed E-state index contributed by atoms with van der Waals surface area (Å²) in [7, 11) is 4.82. The number of thioether (sulfide) groups is 1. The first-order valence-electron chi connectivity index (χ1n) is 13.6. The van der Waals surface area contributed by atoms with Crippen molar-refractivity contribution in [2.45, 2.75) is 63.8 Å². The van der Waals surface area contributed by atoms with Crippen molar-refractivity contribution >= 4 is 17.7 Å². The predicted octanol–water partition coefficient (Wildman–Crippen LogP) is 6.03. The van der Waals surface area contributed by atoms with Crippen molar-refractivity contribution in [1.82, 2.24) is 5.32 Å². The number of hydrogen-bond acceptors (Lipinski definition) is 6. The number of carbonyl (C=O) groups is 1. The Balaban J connectivity index is 1.59. The van der Waals surface area contributed by atoms with E-state index in [0.717, 1.165) is 44.7 Å². The molecule has 2 aromatic carbocycles. The third kappa shape index (κ3) is 4.57. The van der Waals surface area contributed by atoms with Crippen LogP contribution in [0.25, 0.3) is 11.1 Å². The summed E-state index contributed by atoms with van der Waals surface area (Å²) in [5.74, 6) is 4.78. The van der Waals surface area contributed by atoms with Gasteiger partial charge in [-0.15, -0.1) is 11.8 Å². The molecule has 2 bridgehead atoms. The van der Waals surface area contributed by atoms with Crippen molar-refractivity contribution in [1.29, 1.82) is 0 Å². The lowest BCUT2D eigenvalue weighted by molar-refractivity contribution is -0.119. The Morgan fingerprint density at radius 2 is 1.82 bits per heavy atom. The van der Waals surface area contributed by atoms with Crippen LogP contribution < -0.4 is 25.0 Å². The molecule has 4 aliphatic carbocycles. The highest BCUT2D eigenvalue weighted by atomic mass is 32.2. The molecule has 4 aliphatic rings. The van der Waals surface area contributed by atoms with Crippen LogP contribution in [-0.4, -0.2) is 33.0 Å². The summed E-state index contributed by atoms with van der Waals surface area (Å²) >= 11 is 1.68. The van der Waals surface area contributed by atoms with Gasteiger partial charge in [0.1, 0.15) is 0 Å². The van der Waals surface area contributed by atoms with E-state index in [2.05, 4.69) is 19.2 Å². The molecule has 0 unspecified atom stereocenters. The molecule has 0 aromatic heterocycles. The van der Waals surface area contributed by atoms with Gasteiger partial charge in [0.25, 0.3) is 0 Å². The van der Waals surface area contributed by atoms with E-state index >= 15 is 0 Å². The standard InChI is InChI=1S/C31H39NO5S/c1-17(33)32-24-11-8-18-13-26(35-4)29(36-5)30(37-6)28(18)21-10-12-27(25(34)15-22(21)24)38-16-19-7-9-20-14-23(19)31(20,2)3/h10,12-13,15,19-20,23-24H,7-9,11,14,16H2,1-6H3,(H,32,33)/t19-,20-,23+,24-/m1/s1. The van der Waals surface area contributed by atoms with Crippen molar-refractivity contribution in [3.05, 3.63) is 45.6 Å². The zero-order valence-corrected chi connectivity index (χ0v) is 24.1. The van der Waals surface area contributed by atoms with E-state index in [1.807, 2.05) is 18.2 Å². The summed E-state index contributed by atoms with van der Waals surface area (Å²) in [6, 6.07) is 7.40. The minimum atomic E-state index is -0.291.